The van der Waals surface area contributed by atoms with Gasteiger partial charge in [-0.1, -0.05) is 12.1 Å². The molecule has 0 aliphatic carbocycles. The van der Waals surface area contributed by atoms with Crippen LogP contribution >= 0.6 is 0 Å². The molecular formula is C10H10FN3O2. The van der Waals surface area contributed by atoms with Crippen molar-refractivity contribution in [3.8, 4) is 0 Å². The number of carbonyl (C=O) groups is 2. The largest absolute Gasteiger partial charge is 0.351 e. The average Bonchev–Trinajstić information content (AvgIpc) is 2.30. The van der Waals surface area contributed by atoms with Crippen LogP contribution in [0.25, 0.3) is 0 Å². The predicted octanol–water partition coefficient (Wildman–Crippen LogP) is 0.0218. The van der Waals surface area contributed by atoms with Crippen molar-refractivity contribution in [1.82, 2.24) is 10.7 Å². The minimum absolute atomic E-state index is 0.355. The van der Waals surface area contributed by atoms with E-state index < -0.39 is 11.8 Å². The predicted molar refractivity (Wildman–Crippen MR) is 56.2 cm³/mol. The van der Waals surface area contributed by atoms with Gasteiger partial charge < -0.3 is 5.32 Å². The second-order valence-corrected chi connectivity index (χ2v) is 2.83. The second kappa shape index (κ2) is 5.59. The first kappa shape index (κ1) is 11.8. The summed E-state index contributed by atoms with van der Waals surface area (Å²) >= 11 is 0. The Morgan fingerprint density at radius 1 is 1.25 bits per heavy atom. The third-order valence-corrected chi connectivity index (χ3v) is 1.68. The van der Waals surface area contributed by atoms with Gasteiger partial charge in [-0.3, -0.25) is 9.59 Å². The van der Waals surface area contributed by atoms with Crippen LogP contribution in [0.2, 0.25) is 0 Å². The van der Waals surface area contributed by atoms with E-state index in [0.717, 1.165) is 0 Å². The number of amides is 2. The Labute approximate surface area is 91.3 Å². The van der Waals surface area contributed by atoms with Crippen molar-refractivity contribution in [1.29, 1.82) is 0 Å². The van der Waals surface area contributed by atoms with Gasteiger partial charge in [0, 0.05) is 7.05 Å². The molecule has 1 aromatic rings. The number of rotatable bonds is 2. The van der Waals surface area contributed by atoms with E-state index in [9.17, 15) is 14.0 Å². The molecule has 0 saturated heterocycles. The maximum Gasteiger partial charge on any atom is 0.329 e. The summed E-state index contributed by atoms with van der Waals surface area (Å²) in [5, 5.41) is 5.68. The molecule has 0 atom stereocenters. The van der Waals surface area contributed by atoms with E-state index in [2.05, 4.69) is 10.4 Å². The van der Waals surface area contributed by atoms with E-state index in [1.807, 2.05) is 5.43 Å². The summed E-state index contributed by atoms with van der Waals surface area (Å²) in [4.78, 5) is 21.7. The molecule has 6 heteroatoms. The first-order valence-electron chi connectivity index (χ1n) is 4.44. The normalized spacial score (nSPS) is 10.1. The lowest BCUT2D eigenvalue weighted by atomic mass is 10.2. The van der Waals surface area contributed by atoms with Crippen LogP contribution in [0.1, 0.15) is 5.56 Å². The summed E-state index contributed by atoms with van der Waals surface area (Å²) in [6.45, 7) is 0. The fourth-order valence-electron chi connectivity index (χ4n) is 0.879. The van der Waals surface area contributed by atoms with E-state index in [-0.39, 0.29) is 5.82 Å². The molecule has 84 valence electrons. The minimum atomic E-state index is -0.860. The third kappa shape index (κ3) is 3.49. The van der Waals surface area contributed by atoms with Crippen LogP contribution in [0.5, 0.6) is 0 Å². The van der Waals surface area contributed by atoms with Crippen LogP contribution in [0.15, 0.2) is 29.4 Å². The van der Waals surface area contributed by atoms with E-state index in [0.29, 0.717) is 5.56 Å². The maximum absolute atomic E-state index is 12.5. The summed E-state index contributed by atoms with van der Waals surface area (Å²) in [5.41, 5.74) is 2.63. The first-order valence-corrected chi connectivity index (χ1v) is 4.44. The van der Waals surface area contributed by atoms with Gasteiger partial charge >= 0.3 is 11.8 Å². The zero-order chi connectivity index (χ0) is 12.0. The number of nitrogens with one attached hydrogen (secondary N) is 2. The summed E-state index contributed by atoms with van der Waals surface area (Å²) in [7, 11) is 1.34. The Morgan fingerprint density at radius 2 is 1.88 bits per heavy atom. The van der Waals surface area contributed by atoms with Crippen molar-refractivity contribution in [2.45, 2.75) is 0 Å². The molecule has 0 unspecified atom stereocenters. The molecule has 0 heterocycles. The highest BCUT2D eigenvalue weighted by atomic mass is 19.1. The van der Waals surface area contributed by atoms with E-state index >= 15 is 0 Å². The van der Waals surface area contributed by atoms with Crippen LogP contribution in [-0.4, -0.2) is 25.1 Å². The molecule has 0 spiro atoms. The van der Waals surface area contributed by atoms with Crippen molar-refractivity contribution in [3.05, 3.63) is 35.6 Å². The number of hydrazone groups is 1. The van der Waals surface area contributed by atoms with Gasteiger partial charge in [-0.2, -0.15) is 5.10 Å². The van der Waals surface area contributed by atoms with E-state index in [4.69, 9.17) is 0 Å². The maximum atomic E-state index is 12.5. The van der Waals surface area contributed by atoms with Crippen molar-refractivity contribution in [2.75, 3.05) is 7.05 Å². The van der Waals surface area contributed by atoms with Crippen LogP contribution in [-0.2, 0) is 9.59 Å². The number of nitrogens with zero attached hydrogens (tertiary/aromatic N) is 1. The Kier molecular flexibility index (Phi) is 4.14. The van der Waals surface area contributed by atoms with Crippen molar-refractivity contribution >= 4 is 18.0 Å². The summed E-state index contributed by atoms with van der Waals surface area (Å²) in [5.74, 6) is -2.00. The number of halogens is 1. The van der Waals surface area contributed by atoms with Gasteiger partial charge in [-0.05, 0) is 17.7 Å². The van der Waals surface area contributed by atoms with Crippen LogP contribution < -0.4 is 10.7 Å². The fourth-order valence-corrected chi connectivity index (χ4v) is 0.879. The van der Waals surface area contributed by atoms with Gasteiger partial charge in [0.2, 0.25) is 0 Å². The molecule has 1 rings (SSSR count). The number of hydrogen-bond donors (Lipinski definition) is 2. The molecule has 0 bridgehead atoms. The zero-order valence-corrected chi connectivity index (χ0v) is 8.53. The molecule has 2 amide bonds. The topological polar surface area (TPSA) is 70.6 Å². The van der Waals surface area contributed by atoms with Crippen molar-refractivity contribution < 1.29 is 14.0 Å². The third-order valence-electron chi connectivity index (χ3n) is 1.68. The fraction of sp³-hybridized carbons (Fsp3) is 0.100. The molecule has 0 aromatic heterocycles. The summed E-state index contributed by atoms with van der Waals surface area (Å²) in [6.07, 6.45) is 1.31. The average molecular weight is 223 g/mol. The summed E-state index contributed by atoms with van der Waals surface area (Å²) in [6, 6.07) is 5.51. The standard InChI is InChI=1S/C10H10FN3O2/c1-12-9(15)10(16)14-13-6-7-2-4-8(11)5-3-7/h2-6H,1H3,(H,12,15)(H,14,16)/b13-6-. The smallest absolute Gasteiger partial charge is 0.329 e. The molecule has 0 radical (unpaired) electrons. The quantitative estimate of drug-likeness (QED) is 0.421. The van der Waals surface area contributed by atoms with Crippen molar-refractivity contribution in [2.24, 2.45) is 5.10 Å². The van der Waals surface area contributed by atoms with E-state index in [1.54, 1.807) is 0 Å². The first-order chi connectivity index (χ1) is 7.63. The van der Waals surface area contributed by atoms with Gasteiger partial charge in [0.1, 0.15) is 5.82 Å². The number of hydrogen-bond acceptors (Lipinski definition) is 3. The van der Waals surface area contributed by atoms with Gasteiger partial charge in [0.15, 0.2) is 0 Å². The number of benzene rings is 1. The number of carbonyl (C=O) groups excluding carboxylic acids is 2. The molecule has 0 aliphatic heterocycles. The Morgan fingerprint density at radius 3 is 2.44 bits per heavy atom. The number of likely N-dealkylation sites (N-methyl/N-ethyl adjacent to an activating group) is 1. The lowest BCUT2D eigenvalue weighted by Crippen LogP contribution is -2.35. The van der Waals surface area contributed by atoms with Crippen LogP contribution in [0.3, 0.4) is 0 Å². The SMILES string of the molecule is CNC(=O)C(=O)N/N=C\c1ccc(F)cc1. The Bertz CT molecular complexity index is 415. The second-order valence-electron chi connectivity index (χ2n) is 2.83. The Balaban J connectivity index is 2.52. The molecule has 0 saturated carbocycles. The van der Waals surface area contributed by atoms with Gasteiger partial charge in [0.05, 0.1) is 6.21 Å². The highest BCUT2D eigenvalue weighted by molar-refractivity contribution is 6.34. The molecule has 5 nitrogen and oxygen atoms in total. The van der Waals surface area contributed by atoms with E-state index in [1.165, 1.54) is 37.5 Å². The molecule has 1 aromatic carbocycles. The lowest BCUT2D eigenvalue weighted by Gasteiger charge is -1.96. The summed E-state index contributed by atoms with van der Waals surface area (Å²) < 4.78 is 12.5. The molecule has 2 N–H and O–H groups in total. The Hall–Kier alpha value is -2.24. The molecule has 0 fully saturated rings. The molecular weight excluding hydrogens is 213 g/mol. The monoisotopic (exact) mass is 223 g/mol. The zero-order valence-electron chi connectivity index (χ0n) is 8.53. The lowest BCUT2D eigenvalue weighted by molar-refractivity contribution is -0.138. The highest BCUT2D eigenvalue weighted by Gasteiger charge is 2.08. The van der Waals surface area contributed by atoms with Gasteiger partial charge in [-0.15, -0.1) is 0 Å². The van der Waals surface area contributed by atoms with Crippen LogP contribution in [0.4, 0.5) is 4.39 Å². The highest BCUT2D eigenvalue weighted by Crippen LogP contribution is 1.99. The van der Waals surface area contributed by atoms with Crippen LogP contribution in [0, 0.1) is 5.82 Å². The molecule has 0 aliphatic rings. The molecule has 16 heavy (non-hydrogen) atoms. The minimum Gasteiger partial charge on any atom is -0.351 e. The van der Waals surface area contributed by atoms with Gasteiger partial charge in [0.25, 0.3) is 0 Å². The van der Waals surface area contributed by atoms with Gasteiger partial charge in [-0.25, -0.2) is 9.82 Å². The van der Waals surface area contributed by atoms with Crippen molar-refractivity contribution in [3.63, 3.8) is 0 Å².